The van der Waals surface area contributed by atoms with Crippen LogP contribution in [0.1, 0.15) is 25.0 Å². The SMILES string of the molecule is CN=C(NCc1ccon1)NC1CCC(SC)C1.I. The van der Waals surface area contributed by atoms with Gasteiger partial charge in [-0.25, -0.2) is 0 Å². The van der Waals surface area contributed by atoms with Gasteiger partial charge in [0.1, 0.15) is 12.0 Å². The number of thioether (sulfide) groups is 1. The number of nitrogens with zero attached hydrogens (tertiary/aromatic N) is 2. The molecule has 0 amide bonds. The van der Waals surface area contributed by atoms with Gasteiger partial charge in [0.2, 0.25) is 0 Å². The summed E-state index contributed by atoms with van der Waals surface area (Å²) in [5, 5.41) is 11.3. The average molecular weight is 396 g/mol. The summed E-state index contributed by atoms with van der Waals surface area (Å²) in [5.41, 5.74) is 0.881. The topological polar surface area (TPSA) is 62.5 Å². The summed E-state index contributed by atoms with van der Waals surface area (Å²) < 4.78 is 4.79. The molecule has 1 fully saturated rings. The molecule has 5 nitrogen and oxygen atoms in total. The zero-order valence-corrected chi connectivity index (χ0v) is 14.4. The van der Waals surface area contributed by atoms with Gasteiger partial charge in [0.15, 0.2) is 5.96 Å². The first kappa shape index (κ1) is 16.6. The molecule has 2 N–H and O–H groups in total. The van der Waals surface area contributed by atoms with Crippen molar-refractivity contribution in [3.63, 3.8) is 0 Å². The fourth-order valence-corrected chi connectivity index (χ4v) is 2.97. The van der Waals surface area contributed by atoms with Gasteiger partial charge in [0.05, 0.1) is 6.54 Å². The van der Waals surface area contributed by atoms with E-state index in [1.165, 1.54) is 19.3 Å². The van der Waals surface area contributed by atoms with Crippen molar-refractivity contribution in [2.75, 3.05) is 13.3 Å². The zero-order chi connectivity index (χ0) is 12.8. The minimum Gasteiger partial charge on any atom is -0.364 e. The van der Waals surface area contributed by atoms with Gasteiger partial charge >= 0.3 is 0 Å². The van der Waals surface area contributed by atoms with Crippen molar-refractivity contribution in [1.82, 2.24) is 15.8 Å². The van der Waals surface area contributed by atoms with Crippen LogP contribution in [0.25, 0.3) is 0 Å². The van der Waals surface area contributed by atoms with Crippen molar-refractivity contribution in [1.29, 1.82) is 0 Å². The van der Waals surface area contributed by atoms with Crippen molar-refractivity contribution in [3.05, 3.63) is 18.0 Å². The van der Waals surface area contributed by atoms with Crippen molar-refractivity contribution < 1.29 is 4.52 Å². The number of rotatable bonds is 4. The van der Waals surface area contributed by atoms with Gasteiger partial charge in [-0.1, -0.05) is 5.16 Å². The van der Waals surface area contributed by atoms with Crippen LogP contribution in [-0.4, -0.2) is 35.7 Å². The van der Waals surface area contributed by atoms with Crippen LogP contribution in [0.4, 0.5) is 0 Å². The highest BCUT2D eigenvalue weighted by atomic mass is 127. The first-order valence-electron chi connectivity index (χ1n) is 6.21. The second-order valence-electron chi connectivity index (χ2n) is 4.43. The quantitative estimate of drug-likeness (QED) is 0.465. The lowest BCUT2D eigenvalue weighted by Gasteiger charge is -2.16. The molecule has 0 spiro atoms. The van der Waals surface area contributed by atoms with Crippen LogP contribution in [-0.2, 0) is 6.54 Å². The number of nitrogens with one attached hydrogen (secondary N) is 2. The Morgan fingerprint density at radius 3 is 3.00 bits per heavy atom. The van der Waals surface area contributed by atoms with Crippen molar-refractivity contribution in [2.24, 2.45) is 4.99 Å². The van der Waals surface area contributed by atoms with Gasteiger partial charge in [0, 0.05) is 24.4 Å². The monoisotopic (exact) mass is 396 g/mol. The molecule has 1 saturated carbocycles. The lowest BCUT2D eigenvalue weighted by atomic mass is 10.2. The Kier molecular flexibility index (Phi) is 7.59. The molecule has 2 unspecified atom stereocenters. The highest BCUT2D eigenvalue weighted by molar-refractivity contribution is 14.0. The molecule has 1 aliphatic rings. The predicted octanol–water partition coefficient (Wildman–Crippen LogP) is 2.24. The summed E-state index contributed by atoms with van der Waals surface area (Å²) in [6.45, 7) is 0.634. The van der Waals surface area contributed by atoms with E-state index in [2.05, 4.69) is 27.0 Å². The van der Waals surface area contributed by atoms with Gasteiger partial charge in [0.25, 0.3) is 0 Å². The van der Waals surface area contributed by atoms with Crippen LogP contribution < -0.4 is 10.6 Å². The molecule has 7 heteroatoms. The summed E-state index contributed by atoms with van der Waals surface area (Å²) >= 11 is 1.96. The maximum atomic E-state index is 4.79. The van der Waals surface area contributed by atoms with E-state index >= 15 is 0 Å². The van der Waals surface area contributed by atoms with Gasteiger partial charge in [-0.15, -0.1) is 24.0 Å². The molecule has 0 saturated heterocycles. The summed E-state index contributed by atoms with van der Waals surface area (Å²) in [7, 11) is 1.79. The molecule has 0 radical (unpaired) electrons. The second-order valence-corrected chi connectivity index (χ2v) is 5.57. The molecule has 1 aromatic rings. The highest BCUT2D eigenvalue weighted by Crippen LogP contribution is 2.27. The number of hydrogen-bond acceptors (Lipinski definition) is 4. The molecule has 0 bridgehead atoms. The lowest BCUT2D eigenvalue weighted by molar-refractivity contribution is 0.410. The van der Waals surface area contributed by atoms with E-state index in [0.717, 1.165) is 16.9 Å². The number of hydrogen-bond donors (Lipinski definition) is 2. The van der Waals surface area contributed by atoms with E-state index in [1.54, 1.807) is 13.3 Å². The van der Waals surface area contributed by atoms with Gasteiger partial charge in [-0.05, 0) is 25.5 Å². The van der Waals surface area contributed by atoms with Gasteiger partial charge in [-0.3, -0.25) is 4.99 Å². The molecule has 2 rings (SSSR count). The van der Waals surface area contributed by atoms with Crippen LogP contribution in [0.2, 0.25) is 0 Å². The number of guanidine groups is 1. The normalized spacial score (nSPS) is 22.9. The first-order valence-corrected chi connectivity index (χ1v) is 7.50. The molecule has 1 heterocycles. The van der Waals surface area contributed by atoms with Crippen LogP contribution >= 0.6 is 35.7 Å². The summed E-state index contributed by atoms with van der Waals surface area (Å²) in [4.78, 5) is 4.23. The minimum absolute atomic E-state index is 0. The van der Waals surface area contributed by atoms with Crippen LogP contribution in [0.15, 0.2) is 21.8 Å². The van der Waals surface area contributed by atoms with Gasteiger partial charge < -0.3 is 15.2 Å². The zero-order valence-electron chi connectivity index (χ0n) is 11.3. The first-order chi connectivity index (χ1) is 8.81. The summed E-state index contributed by atoms with van der Waals surface area (Å²) in [6.07, 6.45) is 7.49. The van der Waals surface area contributed by atoms with Gasteiger partial charge in [-0.2, -0.15) is 11.8 Å². The van der Waals surface area contributed by atoms with Crippen LogP contribution in [0.3, 0.4) is 0 Å². The molecular formula is C12H21IN4OS. The maximum absolute atomic E-state index is 4.79. The van der Waals surface area contributed by atoms with Crippen LogP contribution in [0, 0.1) is 0 Å². The fourth-order valence-electron chi connectivity index (χ4n) is 2.18. The van der Waals surface area contributed by atoms with E-state index in [9.17, 15) is 0 Å². The molecule has 108 valence electrons. The smallest absolute Gasteiger partial charge is 0.191 e. The second kappa shape index (κ2) is 8.68. The van der Waals surface area contributed by atoms with E-state index in [4.69, 9.17) is 4.52 Å². The Bertz CT molecular complexity index is 385. The standard InChI is InChI=1S/C12H20N4OS.HI/c1-13-12(14-8-10-5-6-17-16-10)15-9-3-4-11(7-9)18-2;/h5-6,9,11H,3-4,7-8H2,1-2H3,(H2,13,14,15);1H. The van der Waals surface area contributed by atoms with Crippen molar-refractivity contribution in [2.45, 2.75) is 37.1 Å². The highest BCUT2D eigenvalue weighted by Gasteiger charge is 2.24. The lowest BCUT2D eigenvalue weighted by Crippen LogP contribution is -2.42. The molecule has 0 aromatic carbocycles. The van der Waals surface area contributed by atoms with E-state index in [-0.39, 0.29) is 24.0 Å². The fraction of sp³-hybridized carbons (Fsp3) is 0.667. The molecule has 19 heavy (non-hydrogen) atoms. The maximum Gasteiger partial charge on any atom is 0.191 e. The van der Waals surface area contributed by atoms with E-state index < -0.39 is 0 Å². The number of halogens is 1. The van der Waals surface area contributed by atoms with Crippen molar-refractivity contribution >= 4 is 41.7 Å². The number of aliphatic imine (C=N–C) groups is 1. The Balaban J connectivity index is 0.00000180. The Morgan fingerprint density at radius 1 is 1.58 bits per heavy atom. The molecule has 1 aliphatic carbocycles. The molecular weight excluding hydrogens is 375 g/mol. The Morgan fingerprint density at radius 2 is 2.42 bits per heavy atom. The third-order valence-electron chi connectivity index (χ3n) is 3.21. The van der Waals surface area contributed by atoms with Crippen LogP contribution in [0.5, 0.6) is 0 Å². The average Bonchev–Trinajstić information content (AvgIpc) is 3.05. The van der Waals surface area contributed by atoms with E-state index in [0.29, 0.717) is 12.6 Å². The summed E-state index contributed by atoms with van der Waals surface area (Å²) in [5.74, 6) is 0.838. The minimum atomic E-state index is 0. The molecule has 1 aromatic heterocycles. The third kappa shape index (κ3) is 5.21. The predicted molar refractivity (Wildman–Crippen MR) is 90.2 cm³/mol. The van der Waals surface area contributed by atoms with Crippen molar-refractivity contribution in [3.8, 4) is 0 Å². The number of aromatic nitrogens is 1. The largest absolute Gasteiger partial charge is 0.364 e. The Hall–Kier alpha value is -0.440. The molecule has 2 atom stereocenters. The van der Waals surface area contributed by atoms with E-state index in [1.807, 2.05) is 17.8 Å². The Labute approximate surface area is 135 Å². The molecule has 0 aliphatic heterocycles. The summed E-state index contributed by atoms with van der Waals surface area (Å²) in [6, 6.07) is 2.38. The third-order valence-corrected chi connectivity index (χ3v) is 4.31.